The summed E-state index contributed by atoms with van der Waals surface area (Å²) in [6, 6.07) is 0.436. The SMILES string of the molecule is CC1(C)[C@@H](C(=O)O)N2C(=O)[C@@H](NS(=O)(=O)c3ccc([N+](=O)[O-])cc3)[C@H]2S1(=O)=O. The standard InChI is InChI=1S/C14H15N3O9S2/c1-14(2)10(13(19)20)16-11(18)9(12(16)27(14,23)24)15-28(25,26)8-5-3-7(4-6-8)17(21)22/h3-6,9-10,12,15H,1-2H3,(H,19,20)/t9-,10-,12-/m1/s1. The topological polar surface area (TPSA) is 181 Å². The number of nitrogens with zero attached hydrogens (tertiary/aromatic N) is 2. The summed E-state index contributed by atoms with van der Waals surface area (Å²) in [4.78, 5) is 34.0. The maximum atomic E-state index is 12.7. The second-order valence-electron chi connectivity index (χ2n) is 6.88. The fourth-order valence-electron chi connectivity index (χ4n) is 3.40. The normalized spacial score (nSPS) is 27.7. The summed E-state index contributed by atoms with van der Waals surface area (Å²) >= 11 is 0. The lowest BCUT2D eigenvalue weighted by Gasteiger charge is -2.42. The van der Waals surface area contributed by atoms with Gasteiger partial charge in [0.1, 0.15) is 16.8 Å². The Morgan fingerprint density at radius 2 is 1.82 bits per heavy atom. The number of carbonyl (C=O) groups excluding carboxylic acids is 1. The number of fused-ring (bicyclic) bond motifs is 1. The summed E-state index contributed by atoms with van der Waals surface area (Å²) in [5.41, 5.74) is -0.353. The summed E-state index contributed by atoms with van der Waals surface area (Å²) < 4.78 is 50.6. The van der Waals surface area contributed by atoms with E-state index in [-0.39, 0.29) is 5.69 Å². The molecular weight excluding hydrogens is 418 g/mol. The number of carboxylic acid groups (broad SMARTS) is 1. The Morgan fingerprint density at radius 1 is 1.29 bits per heavy atom. The molecule has 12 nitrogen and oxygen atoms in total. The first kappa shape index (κ1) is 20.2. The Morgan fingerprint density at radius 3 is 2.29 bits per heavy atom. The fraction of sp³-hybridized carbons (Fsp3) is 0.429. The number of sulfone groups is 1. The Balaban J connectivity index is 1.93. The van der Waals surface area contributed by atoms with E-state index in [2.05, 4.69) is 0 Å². The van der Waals surface area contributed by atoms with Crippen LogP contribution in [0.5, 0.6) is 0 Å². The van der Waals surface area contributed by atoms with Gasteiger partial charge in [0.25, 0.3) is 5.69 Å². The van der Waals surface area contributed by atoms with Gasteiger partial charge in [0, 0.05) is 12.1 Å². The Labute approximate surface area is 159 Å². The fourth-order valence-corrected chi connectivity index (χ4v) is 6.89. The van der Waals surface area contributed by atoms with E-state index in [0.29, 0.717) is 4.90 Å². The van der Waals surface area contributed by atoms with Crippen molar-refractivity contribution in [2.24, 2.45) is 0 Å². The molecule has 3 atom stereocenters. The molecule has 0 bridgehead atoms. The predicted octanol–water partition coefficient (Wildman–Crippen LogP) is -0.930. The highest BCUT2D eigenvalue weighted by atomic mass is 32.2. The molecule has 14 heteroatoms. The number of nitro benzene ring substituents is 1. The van der Waals surface area contributed by atoms with Crippen molar-refractivity contribution < 1.29 is 36.5 Å². The van der Waals surface area contributed by atoms with Crippen LogP contribution < -0.4 is 4.72 Å². The van der Waals surface area contributed by atoms with Gasteiger partial charge in [-0.25, -0.2) is 21.6 Å². The van der Waals surface area contributed by atoms with E-state index in [1.165, 1.54) is 0 Å². The highest BCUT2D eigenvalue weighted by molar-refractivity contribution is 7.94. The van der Waals surface area contributed by atoms with Crippen LogP contribution in [0.15, 0.2) is 29.2 Å². The lowest BCUT2D eigenvalue weighted by molar-refractivity contribution is -0.384. The molecule has 1 amide bonds. The molecule has 0 unspecified atom stereocenters. The number of β-lactam (4-membered cyclic amide) rings is 1. The van der Waals surface area contributed by atoms with E-state index in [9.17, 15) is 41.6 Å². The van der Waals surface area contributed by atoms with Crippen molar-refractivity contribution in [2.75, 3.05) is 0 Å². The molecule has 3 rings (SSSR count). The van der Waals surface area contributed by atoms with Gasteiger partial charge in [0.15, 0.2) is 15.2 Å². The van der Waals surface area contributed by atoms with Crippen molar-refractivity contribution in [3.63, 3.8) is 0 Å². The second-order valence-corrected chi connectivity index (χ2v) is 11.2. The van der Waals surface area contributed by atoms with Crippen molar-refractivity contribution in [3.05, 3.63) is 34.4 Å². The number of non-ortho nitro benzene ring substituents is 1. The smallest absolute Gasteiger partial charge is 0.328 e. The summed E-state index contributed by atoms with van der Waals surface area (Å²) in [6.45, 7) is 2.32. The van der Waals surface area contributed by atoms with Crippen LogP contribution >= 0.6 is 0 Å². The molecule has 28 heavy (non-hydrogen) atoms. The third-order valence-corrected chi connectivity index (χ3v) is 9.22. The lowest BCUT2D eigenvalue weighted by Crippen LogP contribution is -2.71. The van der Waals surface area contributed by atoms with E-state index >= 15 is 0 Å². The van der Waals surface area contributed by atoms with E-state index in [4.69, 9.17) is 0 Å². The number of nitro groups is 1. The zero-order valence-electron chi connectivity index (χ0n) is 14.5. The number of carbonyl (C=O) groups is 2. The number of hydrogen-bond donors (Lipinski definition) is 2. The summed E-state index contributed by atoms with van der Waals surface area (Å²) in [7, 11) is -8.60. The zero-order valence-corrected chi connectivity index (χ0v) is 16.1. The van der Waals surface area contributed by atoms with Gasteiger partial charge in [-0.15, -0.1) is 0 Å². The molecule has 152 valence electrons. The average Bonchev–Trinajstić information content (AvgIpc) is 2.73. The average molecular weight is 433 g/mol. The summed E-state index contributed by atoms with van der Waals surface area (Å²) in [5.74, 6) is -2.49. The van der Waals surface area contributed by atoms with Crippen LogP contribution in [-0.4, -0.2) is 65.8 Å². The van der Waals surface area contributed by atoms with E-state index in [0.717, 1.165) is 38.1 Å². The second kappa shape index (κ2) is 5.96. The molecule has 0 saturated carbocycles. The number of sulfonamides is 1. The van der Waals surface area contributed by atoms with Gasteiger partial charge in [-0.1, -0.05) is 0 Å². The maximum Gasteiger partial charge on any atom is 0.328 e. The van der Waals surface area contributed by atoms with Gasteiger partial charge in [-0.3, -0.25) is 14.9 Å². The van der Waals surface area contributed by atoms with Crippen molar-refractivity contribution in [1.29, 1.82) is 0 Å². The first-order chi connectivity index (χ1) is 12.7. The number of hydrogen-bond acceptors (Lipinski definition) is 8. The third kappa shape index (κ3) is 2.59. The molecule has 0 aromatic heterocycles. The molecular formula is C14H15N3O9S2. The molecule has 2 saturated heterocycles. The molecule has 2 heterocycles. The van der Waals surface area contributed by atoms with E-state index < -0.39 is 63.8 Å². The van der Waals surface area contributed by atoms with Crippen molar-refractivity contribution in [1.82, 2.24) is 9.62 Å². The van der Waals surface area contributed by atoms with Gasteiger partial charge in [-0.2, -0.15) is 4.72 Å². The Hall–Kier alpha value is -2.58. The maximum absolute atomic E-state index is 12.7. The first-order valence-electron chi connectivity index (χ1n) is 7.78. The molecule has 2 N–H and O–H groups in total. The lowest BCUT2D eigenvalue weighted by atomic mass is 9.96. The van der Waals surface area contributed by atoms with Gasteiger partial charge in [-0.05, 0) is 26.0 Å². The van der Waals surface area contributed by atoms with Crippen LogP contribution in [0.4, 0.5) is 5.69 Å². The van der Waals surface area contributed by atoms with Gasteiger partial charge < -0.3 is 10.0 Å². The van der Waals surface area contributed by atoms with Crippen LogP contribution in [0.1, 0.15) is 13.8 Å². The zero-order chi connectivity index (χ0) is 21.2. The van der Waals surface area contributed by atoms with E-state index in [1.807, 2.05) is 4.72 Å². The Bertz CT molecular complexity index is 1090. The molecule has 0 aliphatic carbocycles. The minimum absolute atomic E-state index is 0.353. The van der Waals surface area contributed by atoms with Crippen molar-refractivity contribution >= 4 is 37.4 Å². The largest absolute Gasteiger partial charge is 0.480 e. The quantitative estimate of drug-likeness (QED) is 0.337. The minimum atomic E-state index is -4.39. The Kier molecular flexibility index (Phi) is 4.29. The van der Waals surface area contributed by atoms with Crippen LogP contribution in [0.2, 0.25) is 0 Å². The number of rotatable bonds is 5. The summed E-state index contributed by atoms with van der Waals surface area (Å²) in [5, 5.41) is 18.3. The van der Waals surface area contributed by atoms with Gasteiger partial charge in [0.05, 0.1) is 9.82 Å². The van der Waals surface area contributed by atoms with Crippen LogP contribution in [0.25, 0.3) is 0 Å². The van der Waals surface area contributed by atoms with Gasteiger partial charge >= 0.3 is 5.97 Å². The van der Waals surface area contributed by atoms with Crippen LogP contribution in [0, 0.1) is 10.1 Å². The van der Waals surface area contributed by atoms with Gasteiger partial charge in [0.2, 0.25) is 15.9 Å². The number of amides is 1. The first-order valence-corrected chi connectivity index (χ1v) is 10.8. The molecule has 1 aromatic rings. The van der Waals surface area contributed by atoms with Crippen LogP contribution in [0.3, 0.4) is 0 Å². The molecule has 2 aliphatic heterocycles. The summed E-state index contributed by atoms with van der Waals surface area (Å²) in [6.07, 6.45) is 0. The number of aliphatic carboxylic acids is 1. The monoisotopic (exact) mass is 433 g/mol. The van der Waals surface area contributed by atoms with Crippen molar-refractivity contribution in [3.8, 4) is 0 Å². The highest BCUT2D eigenvalue weighted by Crippen LogP contribution is 2.46. The molecule has 1 aromatic carbocycles. The minimum Gasteiger partial charge on any atom is -0.480 e. The predicted molar refractivity (Wildman–Crippen MR) is 92.3 cm³/mol. The number of carboxylic acids is 1. The van der Waals surface area contributed by atoms with E-state index in [1.54, 1.807) is 0 Å². The third-order valence-electron chi connectivity index (χ3n) is 4.94. The molecule has 0 spiro atoms. The number of nitrogens with one attached hydrogen (secondary N) is 1. The molecule has 2 fully saturated rings. The van der Waals surface area contributed by atoms with Crippen LogP contribution in [-0.2, 0) is 29.4 Å². The number of benzene rings is 1. The molecule has 2 aliphatic rings. The van der Waals surface area contributed by atoms with Crippen molar-refractivity contribution in [2.45, 2.75) is 40.9 Å². The molecule has 0 radical (unpaired) electrons. The highest BCUT2D eigenvalue weighted by Gasteiger charge is 2.72.